The van der Waals surface area contributed by atoms with Gasteiger partial charge in [-0.25, -0.2) is 0 Å². The Balaban J connectivity index is 1.59. The molecule has 186 valence electrons. The Kier molecular flexibility index (Phi) is 6.77. The minimum absolute atomic E-state index is 0.0132. The summed E-state index contributed by atoms with van der Waals surface area (Å²) in [5, 5.41) is 9.56. The highest BCUT2D eigenvalue weighted by Gasteiger charge is 2.53. The van der Waals surface area contributed by atoms with E-state index in [9.17, 15) is 9.59 Å². The molecule has 0 N–H and O–H groups in total. The van der Waals surface area contributed by atoms with Crippen LogP contribution in [0.25, 0.3) is 0 Å². The molecule has 3 heterocycles. The number of fused-ring (bicyclic) bond motifs is 1. The zero-order valence-corrected chi connectivity index (χ0v) is 21.2. The molecule has 3 unspecified atom stereocenters. The van der Waals surface area contributed by atoms with Crippen molar-refractivity contribution in [3.8, 4) is 11.5 Å². The molecule has 0 bridgehead atoms. The van der Waals surface area contributed by atoms with Crippen molar-refractivity contribution < 1.29 is 23.8 Å². The molecule has 9 heteroatoms. The molecule has 1 aromatic carbocycles. The molecular formula is C26H31N3O5S. The van der Waals surface area contributed by atoms with E-state index >= 15 is 0 Å². The fraction of sp³-hybridized carbons (Fsp3) is 0.538. The summed E-state index contributed by atoms with van der Waals surface area (Å²) < 4.78 is 18.1. The van der Waals surface area contributed by atoms with Crippen LogP contribution >= 0.6 is 11.3 Å². The summed E-state index contributed by atoms with van der Waals surface area (Å²) in [6, 6.07) is 4.99. The van der Waals surface area contributed by atoms with Crippen LogP contribution in [-0.2, 0) is 14.3 Å². The van der Waals surface area contributed by atoms with Gasteiger partial charge in [0.1, 0.15) is 11.1 Å². The van der Waals surface area contributed by atoms with Crippen LogP contribution in [0.4, 0.5) is 5.13 Å². The maximum absolute atomic E-state index is 13.8. The normalized spacial score (nSPS) is 23.7. The van der Waals surface area contributed by atoms with Gasteiger partial charge in [-0.2, -0.15) is 0 Å². The summed E-state index contributed by atoms with van der Waals surface area (Å²) in [5.41, 5.74) is 1.18. The molecule has 2 aliphatic heterocycles. The second-order valence-electron chi connectivity index (χ2n) is 9.18. The third kappa shape index (κ3) is 4.30. The number of carbonyl (C=O) groups excluding carboxylic acids is 2. The van der Waals surface area contributed by atoms with Crippen molar-refractivity contribution in [2.75, 3.05) is 18.1 Å². The Labute approximate surface area is 209 Å². The number of amides is 1. The number of benzene rings is 1. The van der Waals surface area contributed by atoms with Gasteiger partial charge in [0.05, 0.1) is 30.7 Å². The van der Waals surface area contributed by atoms with Crippen LogP contribution in [0.2, 0.25) is 0 Å². The van der Waals surface area contributed by atoms with E-state index in [-0.39, 0.29) is 29.5 Å². The Morgan fingerprint density at radius 3 is 2.69 bits per heavy atom. The summed E-state index contributed by atoms with van der Waals surface area (Å²) in [6.07, 6.45) is 5.32. The number of nitrogens with zero attached hydrogens (tertiary/aromatic N) is 3. The number of Topliss-reactive ketones (excluding diaryl/α,β-unsaturated/α-hetero) is 1. The first kappa shape index (κ1) is 23.8. The largest absolute Gasteiger partial charge is 0.490 e. The van der Waals surface area contributed by atoms with Crippen molar-refractivity contribution in [2.45, 2.75) is 71.4 Å². The molecule has 0 spiro atoms. The minimum Gasteiger partial charge on any atom is -0.490 e. The van der Waals surface area contributed by atoms with Crippen LogP contribution in [0.1, 0.15) is 69.0 Å². The number of rotatable bonds is 8. The van der Waals surface area contributed by atoms with Gasteiger partial charge in [0, 0.05) is 0 Å². The van der Waals surface area contributed by atoms with Crippen LogP contribution < -0.4 is 14.4 Å². The van der Waals surface area contributed by atoms with Crippen LogP contribution in [-0.4, -0.2) is 41.2 Å². The van der Waals surface area contributed by atoms with Crippen molar-refractivity contribution in [3.63, 3.8) is 0 Å². The van der Waals surface area contributed by atoms with Gasteiger partial charge < -0.3 is 14.2 Å². The van der Waals surface area contributed by atoms with E-state index in [4.69, 9.17) is 14.2 Å². The highest BCUT2D eigenvalue weighted by Crippen LogP contribution is 2.49. The number of hydrogen-bond donors (Lipinski definition) is 0. The number of ether oxygens (including phenoxy) is 3. The Hall–Kier alpha value is -2.94. The van der Waals surface area contributed by atoms with Gasteiger partial charge >= 0.3 is 0 Å². The van der Waals surface area contributed by atoms with E-state index < -0.39 is 6.04 Å². The third-order valence-electron chi connectivity index (χ3n) is 6.82. The van der Waals surface area contributed by atoms with Crippen molar-refractivity contribution in [1.82, 2.24) is 10.2 Å². The summed E-state index contributed by atoms with van der Waals surface area (Å²) in [4.78, 5) is 29.0. The van der Waals surface area contributed by atoms with Gasteiger partial charge in [-0.1, -0.05) is 37.2 Å². The second-order valence-corrected chi connectivity index (χ2v) is 10.3. The van der Waals surface area contributed by atoms with E-state index in [1.165, 1.54) is 11.3 Å². The lowest BCUT2D eigenvalue weighted by Crippen LogP contribution is -2.39. The lowest BCUT2D eigenvalue weighted by atomic mass is 9.77. The molecule has 1 fully saturated rings. The molecule has 1 aliphatic carbocycles. The van der Waals surface area contributed by atoms with Gasteiger partial charge in [-0.15, -0.1) is 10.2 Å². The Bertz CT molecular complexity index is 1160. The molecule has 0 saturated heterocycles. The highest BCUT2D eigenvalue weighted by atomic mass is 32.1. The molecule has 3 atom stereocenters. The molecular weight excluding hydrogens is 466 g/mol. The van der Waals surface area contributed by atoms with Crippen LogP contribution in [0.5, 0.6) is 11.5 Å². The van der Waals surface area contributed by atoms with Crippen molar-refractivity contribution >= 4 is 28.2 Å². The molecule has 3 aliphatic rings. The maximum Gasteiger partial charge on any atom is 0.296 e. The molecule has 1 aromatic heterocycles. The van der Waals surface area contributed by atoms with E-state index in [0.717, 1.165) is 49.1 Å². The topological polar surface area (TPSA) is 90.9 Å². The average Bonchev–Trinajstić information content (AvgIpc) is 3.41. The third-order valence-corrected chi connectivity index (χ3v) is 7.66. The first-order valence-corrected chi connectivity index (χ1v) is 13.3. The van der Waals surface area contributed by atoms with E-state index in [2.05, 4.69) is 17.1 Å². The lowest BCUT2D eigenvalue weighted by Gasteiger charge is -2.35. The van der Waals surface area contributed by atoms with Crippen LogP contribution in [0, 0.1) is 12.8 Å². The molecule has 1 saturated carbocycles. The number of ketones is 1. The Morgan fingerprint density at radius 2 is 1.94 bits per heavy atom. The quantitative estimate of drug-likeness (QED) is 0.478. The van der Waals surface area contributed by atoms with Crippen molar-refractivity contribution in [2.24, 2.45) is 5.92 Å². The second kappa shape index (κ2) is 9.97. The zero-order chi connectivity index (χ0) is 24.5. The predicted molar refractivity (Wildman–Crippen MR) is 132 cm³/mol. The van der Waals surface area contributed by atoms with E-state index in [1.54, 1.807) is 4.90 Å². The number of aryl methyl sites for hydroxylation is 1. The first-order chi connectivity index (χ1) is 17.0. The van der Waals surface area contributed by atoms with Crippen LogP contribution in [0.15, 0.2) is 29.5 Å². The zero-order valence-electron chi connectivity index (χ0n) is 20.4. The SMILES string of the molecule is CCCCOc1ccc(C2C3=C(OC4CCCCC4C3=O)C(=O)N2c2nnc(C)s2)cc1OCC. The van der Waals surface area contributed by atoms with Crippen LogP contribution in [0.3, 0.4) is 0 Å². The minimum atomic E-state index is -0.649. The fourth-order valence-corrected chi connectivity index (χ4v) is 5.86. The average molecular weight is 498 g/mol. The monoisotopic (exact) mass is 497 g/mol. The van der Waals surface area contributed by atoms with Crippen molar-refractivity contribution in [3.05, 3.63) is 40.1 Å². The molecule has 5 rings (SSSR count). The van der Waals surface area contributed by atoms with Gasteiger partial charge in [-0.05, 0) is 57.2 Å². The summed E-state index contributed by atoms with van der Waals surface area (Å²) in [6.45, 7) is 6.94. The smallest absolute Gasteiger partial charge is 0.296 e. The summed E-state index contributed by atoms with van der Waals surface area (Å²) >= 11 is 1.32. The molecule has 8 nitrogen and oxygen atoms in total. The predicted octanol–water partition coefficient (Wildman–Crippen LogP) is 4.92. The number of carbonyl (C=O) groups is 2. The first-order valence-electron chi connectivity index (χ1n) is 12.5. The number of aromatic nitrogens is 2. The summed E-state index contributed by atoms with van der Waals surface area (Å²) in [5.74, 6) is 0.878. The molecule has 1 amide bonds. The van der Waals surface area contributed by atoms with Gasteiger partial charge in [-0.3, -0.25) is 14.5 Å². The van der Waals surface area contributed by atoms with Gasteiger partial charge in [0.25, 0.3) is 5.91 Å². The lowest BCUT2D eigenvalue weighted by molar-refractivity contribution is -0.131. The van der Waals surface area contributed by atoms with E-state index in [1.807, 2.05) is 32.0 Å². The standard InChI is InChI=1S/C26H31N3O5S/c1-4-6-13-33-19-12-11-16(14-20(19)32-5-2)22-21-23(30)17-9-7-8-10-18(17)34-24(21)25(31)29(22)26-28-27-15(3)35-26/h11-12,14,17-18,22H,4-10,13H2,1-3H3. The fourth-order valence-electron chi connectivity index (χ4n) is 5.15. The summed E-state index contributed by atoms with van der Waals surface area (Å²) in [7, 11) is 0. The van der Waals surface area contributed by atoms with Gasteiger partial charge in [0.15, 0.2) is 23.0 Å². The number of anilines is 1. The Morgan fingerprint density at radius 1 is 1.11 bits per heavy atom. The highest BCUT2D eigenvalue weighted by molar-refractivity contribution is 7.15. The number of unbranched alkanes of at least 4 members (excludes halogenated alkanes) is 1. The molecule has 35 heavy (non-hydrogen) atoms. The number of hydrogen-bond acceptors (Lipinski definition) is 8. The van der Waals surface area contributed by atoms with E-state index in [0.29, 0.717) is 35.4 Å². The van der Waals surface area contributed by atoms with Gasteiger partial charge in [0.2, 0.25) is 5.13 Å². The van der Waals surface area contributed by atoms with Crippen molar-refractivity contribution in [1.29, 1.82) is 0 Å². The maximum atomic E-state index is 13.8. The molecule has 2 aromatic rings. The molecule has 0 radical (unpaired) electrons.